The van der Waals surface area contributed by atoms with E-state index < -0.39 is 23.6 Å². The van der Waals surface area contributed by atoms with Crippen molar-refractivity contribution in [1.29, 1.82) is 0 Å². The molecule has 0 saturated carbocycles. The van der Waals surface area contributed by atoms with Crippen LogP contribution in [0.25, 0.3) is 11.1 Å². The molecule has 3 rings (SSSR count). The van der Waals surface area contributed by atoms with Crippen LogP contribution < -0.4 is 5.32 Å². The van der Waals surface area contributed by atoms with Gasteiger partial charge >= 0.3 is 12.1 Å². The van der Waals surface area contributed by atoms with E-state index in [1.54, 1.807) is 0 Å². The van der Waals surface area contributed by atoms with Crippen LogP contribution in [-0.2, 0) is 11.0 Å². The molecule has 0 amide bonds. The molecule has 162 valence electrons. The van der Waals surface area contributed by atoms with Crippen molar-refractivity contribution >= 4 is 5.97 Å². The average molecular weight is 419 g/mol. The third-order valence-electron chi connectivity index (χ3n) is 5.64. The molecule has 2 aromatic rings. The maximum atomic E-state index is 12.9. The van der Waals surface area contributed by atoms with Gasteiger partial charge < -0.3 is 10.4 Å². The van der Waals surface area contributed by atoms with Gasteiger partial charge in [0.1, 0.15) is 0 Å². The molecular formula is C24H28F3NO2. The first kappa shape index (κ1) is 22.3. The lowest BCUT2D eigenvalue weighted by Crippen LogP contribution is -2.27. The predicted molar refractivity (Wildman–Crippen MR) is 111 cm³/mol. The second-order valence-corrected chi connectivity index (χ2v) is 8.49. The summed E-state index contributed by atoms with van der Waals surface area (Å²) in [5.41, 5.74) is 2.40. The third kappa shape index (κ3) is 5.42. The van der Waals surface area contributed by atoms with Gasteiger partial charge in [0, 0.05) is 6.04 Å². The van der Waals surface area contributed by atoms with Gasteiger partial charge in [-0.3, -0.25) is 4.79 Å². The zero-order valence-electron chi connectivity index (χ0n) is 17.3. The van der Waals surface area contributed by atoms with Gasteiger partial charge in [-0.2, -0.15) is 13.2 Å². The van der Waals surface area contributed by atoms with Crippen molar-refractivity contribution in [3.8, 4) is 11.1 Å². The molecule has 0 bridgehead atoms. The van der Waals surface area contributed by atoms with Gasteiger partial charge in [-0.1, -0.05) is 44.5 Å². The van der Waals surface area contributed by atoms with Crippen molar-refractivity contribution in [2.75, 3.05) is 6.54 Å². The fraction of sp³-hybridized carbons (Fsp3) is 0.458. The predicted octanol–water partition coefficient (Wildman–Crippen LogP) is 6.40. The number of hydrogen-bond acceptors (Lipinski definition) is 2. The Morgan fingerprint density at radius 2 is 1.80 bits per heavy atom. The zero-order chi connectivity index (χ0) is 21.9. The van der Waals surface area contributed by atoms with E-state index in [0.29, 0.717) is 17.5 Å². The van der Waals surface area contributed by atoms with E-state index in [2.05, 4.69) is 5.32 Å². The number of carboxylic acids is 1. The fourth-order valence-corrected chi connectivity index (χ4v) is 4.08. The van der Waals surface area contributed by atoms with Crippen molar-refractivity contribution in [2.24, 2.45) is 5.92 Å². The SMILES string of the molecule is CC(C)CC(C(=O)O)c1cc(-c2ccc(C(F)(F)F)cc2)cc(C2CCCCN2)c1. The van der Waals surface area contributed by atoms with Crippen LogP contribution in [-0.4, -0.2) is 17.6 Å². The Balaban J connectivity index is 2.06. The Bertz CT molecular complexity index is 869. The van der Waals surface area contributed by atoms with Crippen LogP contribution in [0.1, 0.15) is 68.2 Å². The molecule has 0 radical (unpaired) electrons. The highest BCUT2D eigenvalue weighted by molar-refractivity contribution is 5.77. The van der Waals surface area contributed by atoms with Crippen LogP contribution in [0.2, 0.25) is 0 Å². The molecule has 1 aliphatic heterocycles. The van der Waals surface area contributed by atoms with E-state index in [0.717, 1.165) is 49.1 Å². The summed E-state index contributed by atoms with van der Waals surface area (Å²) >= 11 is 0. The second kappa shape index (κ2) is 9.21. The lowest BCUT2D eigenvalue weighted by Gasteiger charge is -2.26. The van der Waals surface area contributed by atoms with Crippen LogP contribution in [0.4, 0.5) is 13.2 Å². The smallest absolute Gasteiger partial charge is 0.416 e. The van der Waals surface area contributed by atoms with E-state index in [1.807, 2.05) is 32.0 Å². The Labute approximate surface area is 175 Å². The summed E-state index contributed by atoms with van der Waals surface area (Å²) in [5, 5.41) is 13.3. The molecule has 2 atom stereocenters. The molecule has 1 fully saturated rings. The van der Waals surface area contributed by atoms with Gasteiger partial charge in [-0.15, -0.1) is 0 Å². The largest absolute Gasteiger partial charge is 0.481 e. The summed E-state index contributed by atoms with van der Waals surface area (Å²) in [6.07, 6.45) is -0.733. The molecule has 1 saturated heterocycles. The highest BCUT2D eigenvalue weighted by Crippen LogP contribution is 2.35. The summed E-state index contributed by atoms with van der Waals surface area (Å²) in [5.74, 6) is -1.32. The fourth-order valence-electron chi connectivity index (χ4n) is 4.08. The van der Waals surface area contributed by atoms with Crippen LogP contribution in [0.3, 0.4) is 0 Å². The summed E-state index contributed by atoms with van der Waals surface area (Å²) in [6, 6.07) is 10.9. The Morgan fingerprint density at radius 3 is 2.33 bits per heavy atom. The number of piperidine rings is 1. The van der Waals surface area contributed by atoms with Crippen molar-refractivity contribution in [1.82, 2.24) is 5.32 Å². The van der Waals surface area contributed by atoms with Gasteiger partial charge in [0.15, 0.2) is 0 Å². The average Bonchev–Trinajstić information content (AvgIpc) is 2.71. The number of nitrogens with one attached hydrogen (secondary N) is 1. The first-order valence-corrected chi connectivity index (χ1v) is 10.4. The lowest BCUT2D eigenvalue weighted by molar-refractivity contribution is -0.139. The Morgan fingerprint density at radius 1 is 1.10 bits per heavy atom. The molecule has 0 aromatic heterocycles. The minimum absolute atomic E-state index is 0.125. The molecule has 2 aromatic carbocycles. The van der Waals surface area contributed by atoms with Crippen LogP contribution in [0.5, 0.6) is 0 Å². The molecule has 3 nitrogen and oxygen atoms in total. The number of alkyl halides is 3. The first-order valence-electron chi connectivity index (χ1n) is 10.4. The molecular weight excluding hydrogens is 391 g/mol. The number of carboxylic acid groups (broad SMARTS) is 1. The lowest BCUT2D eigenvalue weighted by atomic mass is 9.85. The van der Waals surface area contributed by atoms with E-state index in [4.69, 9.17) is 0 Å². The topological polar surface area (TPSA) is 49.3 Å². The van der Waals surface area contributed by atoms with E-state index in [1.165, 1.54) is 12.1 Å². The minimum Gasteiger partial charge on any atom is -0.481 e. The minimum atomic E-state index is -4.39. The summed E-state index contributed by atoms with van der Waals surface area (Å²) in [6.45, 7) is 4.87. The van der Waals surface area contributed by atoms with Crippen molar-refractivity contribution in [3.05, 3.63) is 59.2 Å². The van der Waals surface area contributed by atoms with E-state index in [-0.39, 0.29) is 12.0 Å². The molecule has 30 heavy (non-hydrogen) atoms. The normalized spacial score (nSPS) is 18.4. The number of hydrogen-bond donors (Lipinski definition) is 2. The summed E-state index contributed by atoms with van der Waals surface area (Å²) < 4.78 is 38.8. The number of benzene rings is 2. The first-order chi connectivity index (χ1) is 14.1. The molecule has 0 spiro atoms. The Kier molecular flexibility index (Phi) is 6.86. The van der Waals surface area contributed by atoms with Gasteiger partial charge in [0.25, 0.3) is 0 Å². The monoisotopic (exact) mass is 419 g/mol. The maximum absolute atomic E-state index is 12.9. The quantitative estimate of drug-likeness (QED) is 0.569. The summed E-state index contributed by atoms with van der Waals surface area (Å²) in [7, 11) is 0. The third-order valence-corrected chi connectivity index (χ3v) is 5.64. The molecule has 1 aliphatic rings. The van der Waals surface area contributed by atoms with Crippen LogP contribution >= 0.6 is 0 Å². The number of carbonyl (C=O) groups is 1. The maximum Gasteiger partial charge on any atom is 0.416 e. The number of aliphatic carboxylic acids is 1. The Hall–Kier alpha value is -2.34. The van der Waals surface area contributed by atoms with Crippen molar-refractivity contribution in [2.45, 2.75) is 57.7 Å². The van der Waals surface area contributed by atoms with Gasteiger partial charge in [-0.05, 0) is 72.2 Å². The van der Waals surface area contributed by atoms with E-state index >= 15 is 0 Å². The summed E-state index contributed by atoms with van der Waals surface area (Å²) in [4.78, 5) is 12.0. The molecule has 2 N–H and O–H groups in total. The van der Waals surface area contributed by atoms with Crippen LogP contribution in [0, 0.1) is 5.92 Å². The van der Waals surface area contributed by atoms with Crippen LogP contribution in [0.15, 0.2) is 42.5 Å². The van der Waals surface area contributed by atoms with Gasteiger partial charge in [-0.25, -0.2) is 0 Å². The number of halogens is 3. The zero-order valence-corrected chi connectivity index (χ0v) is 17.3. The van der Waals surface area contributed by atoms with Gasteiger partial charge in [0.05, 0.1) is 11.5 Å². The molecule has 6 heteroatoms. The standard InChI is InChI=1S/C24H28F3NO2/c1-15(2)11-21(23(29)30)18-12-17(13-19(14-18)22-5-3-4-10-28-22)16-6-8-20(9-7-16)24(25,26)27/h6-9,12-15,21-22,28H,3-5,10-11H2,1-2H3,(H,29,30). The highest BCUT2D eigenvalue weighted by atomic mass is 19.4. The van der Waals surface area contributed by atoms with Crippen molar-refractivity contribution < 1.29 is 23.1 Å². The van der Waals surface area contributed by atoms with Crippen molar-refractivity contribution in [3.63, 3.8) is 0 Å². The van der Waals surface area contributed by atoms with E-state index in [9.17, 15) is 23.1 Å². The number of rotatable bonds is 6. The molecule has 1 heterocycles. The molecule has 2 unspecified atom stereocenters. The highest BCUT2D eigenvalue weighted by Gasteiger charge is 2.30. The second-order valence-electron chi connectivity index (χ2n) is 8.49. The molecule has 0 aliphatic carbocycles. The van der Waals surface area contributed by atoms with Gasteiger partial charge in [0.2, 0.25) is 0 Å².